The van der Waals surface area contributed by atoms with Crippen molar-refractivity contribution >= 4 is 23.5 Å². The van der Waals surface area contributed by atoms with Gasteiger partial charge in [-0.25, -0.2) is 4.79 Å². The van der Waals surface area contributed by atoms with Gasteiger partial charge in [-0.15, -0.1) is 11.6 Å². The number of amides is 1. The molecule has 0 bridgehead atoms. The first kappa shape index (κ1) is 22.2. The van der Waals surface area contributed by atoms with Crippen LogP contribution in [0.4, 0.5) is 0 Å². The molecule has 0 radical (unpaired) electrons. The minimum atomic E-state index is -0.980. The Labute approximate surface area is 146 Å². The predicted octanol–water partition coefficient (Wildman–Crippen LogP) is 4.89. The quantitative estimate of drug-likeness (QED) is 0.308. The zero-order valence-corrected chi connectivity index (χ0v) is 15.4. The first-order valence-corrected chi connectivity index (χ1v) is 9.73. The molecule has 0 aromatic carbocycles. The van der Waals surface area contributed by atoms with E-state index in [1.807, 2.05) is 0 Å². The summed E-state index contributed by atoms with van der Waals surface area (Å²) in [6.45, 7) is 2.24. The van der Waals surface area contributed by atoms with Crippen LogP contribution < -0.4 is 5.32 Å². The van der Waals surface area contributed by atoms with E-state index in [1.54, 1.807) is 0 Å². The molecule has 1 atom stereocenters. The number of carbonyl (C=O) groups excluding carboxylic acids is 1. The van der Waals surface area contributed by atoms with Gasteiger partial charge in [-0.05, 0) is 6.42 Å². The number of hydrogen-bond donors (Lipinski definition) is 2. The lowest BCUT2D eigenvalue weighted by Crippen LogP contribution is -2.41. The minimum absolute atomic E-state index is 0.192. The van der Waals surface area contributed by atoms with Gasteiger partial charge in [0.05, 0.1) is 0 Å². The molecular weight excluding hydrogens is 314 g/mol. The molecule has 2 N–H and O–H groups in total. The SMILES string of the molecule is CCCCCCCCCCCCCCC(NC(=O)CCl)C(=O)O. The van der Waals surface area contributed by atoms with Crippen LogP contribution in [-0.2, 0) is 9.59 Å². The minimum Gasteiger partial charge on any atom is -0.480 e. The van der Waals surface area contributed by atoms with Crippen LogP contribution in [-0.4, -0.2) is 28.9 Å². The number of halogens is 1. The van der Waals surface area contributed by atoms with E-state index in [0.717, 1.165) is 19.3 Å². The first-order valence-electron chi connectivity index (χ1n) is 9.20. The monoisotopic (exact) mass is 347 g/mol. The molecule has 23 heavy (non-hydrogen) atoms. The number of carboxylic acid groups (broad SMARTS) is 1. The molecule has 0 aliphatic carbocycles. The van der Waals surface area contributed by atoms with Crippen LogP contribution in [0.5, 0.6) is 0 Å². The summed E-state index contributed by atoms with van der Waals surface area (Å²) >= 11 is 5.38. The van der Waals surface area contributed by atoms with Crippen LogP contribution in [0.2, 0.25) is 0 Å². The highest BCUT2D eigenvalue weighted by atomic mass is 35.5. The molecule has 1 amide bonds. The fraction of sp³-hybridized carbons (Fsp3) is 0.889. The summed E-state index contributed by atoms with van der Waals surface area (Å²) in [5.41, 5.74) is 0. The third kappa shape index (κ3) is 14.5. The third-order valence-corrected chi connectivity index (χ3v) is 4.34. The van der Waals surface area contributed by atoms with Gasteiger partial charge in [-0.1, -0.05) is 84.0 Å². The van der Waals surface area contributed by atoms with Crippen LogP contribution >= 0.6 is 11.6 Å². The molecule has 136 valence electrons. The topological polar surface area (TPSA) is 66.4 Å². The van der Waals surface area contributed by atoms with Gasteiger partial charge in [0.2, 0.25) is 5.91 Å². The largest absolute Gasteiger partial charge is 0.480 e. The van der Waals surface area contributed by atoms with E-state index < -0.39 is 17.9 Å². The van der Waals surface area contributed by atoms with Crippen LogP contribution in [0.1, 0.15) is 90.4 Å². The van der Waals surface area contributed by atoms with Gasteiger partial charge in [0.25, 0.3) is 0 Å². The zero-order valence-electron chi connectivity index (χ0n) is 14.6. The zero-order chi connectivity index (χ0) is 17.3. The van der Waals surface area contributed by atoms with Gasteiger partial charge < -0.3 is 10.4 Å². The van der Waals surface area contributed by atoms with Gasteiger partial charge in [0, 0.05) is 0 Å². The van der Waals surface area contributed by atoms with Crippen molar-refractivity contribution < 1.29 is 14.7 Å². The molecular formula is C18H34ClNO3. The van der Waals surface area contributed by atoms with E-state index in [-0.39, 0.29) is 5.88 Å². The lowest BCUT2D eigenvalue weighted by Gasteiger charge is -2.13. The van der Waals surface area contributed by atoms with Crippen molar-refractivity contribution in [3.05, 3.63) is 0 Å². The van der Waals surface area contributed by atoms with Crippen molar-refractivity contribution in [2.45, 2.75) is 96.4 Å². The van der Waals surface area contributed by atoms with Crippen LogP contribution in [0.3, 0.4) is 0 Å². The Kier molecular flexibility index (Phi) is 15.6. The molecule has 0 saturated carbocycles. The van der Waals surface area contributed by atoms with Gasteiger partial charge in [0.1, 0.15) is 11.9 Å². The Morgan fingerprint density at radius 3 is 1.70 bits per heavy atom. The highest BCUT2D eigenvalue weighted by molar-refractivity contribution is 6.27. The van der Waals surface area contributed by atoms with Gasteiger partial charge >= 0.3 is 5.97 Å². The maximum atomic E-state index is 11.1. The van der Waals surface area contributed by atoms with Crippen LogP contribution in [0.15, 0.2) is 0 Å². The summed E-state index contributed by atoms with van der Waals surface area (Å²) in [5, 5.41) is 11.5. The molecule has 0 fully saturated rings. The fourth-order valence-corrected chi connectivity index (χ4v) is 2.76. The third-order valence-electron chi connectivity index (χ3n) is 4.10. The van der Waals surface area contributed by atoms with E-state index >= 15 is 0 Å². The summed E-state index contributed by atoms with van der Waals surface area (Å²) in [7, 11) is 0. The highest BCUT2D eigenvalue weighted by Crippen LogP contribution is 2.13. The average molecular weight is 348 g/mol. The van der Waals surface area contributed by atoms with Gasteiger partial charge in [-0.3, -0.25) is 4.79 Å². The summed E-state index contributed by atoms with van der Waals surface area (Å²) in [6, 6.07) is -0.802. The summed E-state index contributed by atoms with van der Waals surface area (Å²) in [4.78, 5) is 22.2. The van der Waals surface area contributed by atoms with E-state index in [1.165, 1.54) is 57.8 Å². The summed E-state index contributed by atoms with van der Waals surface area (Å²) < 4.78 is 0. The van der Waals surface area contributed by atoms with E-state index in [0.29, 0.717) is 6.42 Å². The molecule has 1 unspecified atom stereocenters. The molecule has 0 heterocycles. The Bertz CT molecular complexity index is 311. The van der Waals surface area contributed by atoms with E-state index in [2.05, 4.69) is 12.2 Å². The van der Waals surface area contributed by atoms with Crippen LogP contribution in [0.25, 0.3) is 0 Å². The first-order chi connectivity index (χ1) is 11.1. The molecule has 0 aliphatic heterocycles. The molecule has 0 spiro atoms. The molecule has 5 heteroatoms. The number of nitrogens with one attached hydrogen (secondary N) is 1. The Morgan fingerprint density at radius 1 is 0.870 bits per heavy atom. The molecule has 0 rings (SSSR count). The van der Waals surface area contributed by atoms with Crippen molar-refractivity contribution in [2.24, 2.45) is 0 Å². The van der Waals surface area contributed by atoms with Crippen molar-refractivity contribution in [1.82, 2.24) is 5.32 Å². The second-order valence-electron chi connectivity index (χ2n) is 6.27. The number of carbonyl (C=O) groups is 2. The number of alkyl halides is 1. The number of rotatable bonds is 16. The van der Waals surface area contributed by atoms with Crippen molar-refractivity contribution in [2.75, 3.05) is 5.88 Å². The molecule has 0 saturated heterocycles. The lowest BCUT2D eigenvalue weighted by atomic mass is 10.0. The number of carboxylic acids is 1. The number of unbranched alkanes of at least 4 members (excludes halogenated alkanes) is 11. The molecule has 4 nitrogen and oxygen atoms in total. The Balaban J connectivity index is 3.43. The van der Waals surface area contributed by atoms with Crippen molar-refractivity contribution in [3.63, 3.8) is 0 Å². The fourth-order valence-electron chi connectivity index (χ4n) is 2.68. The maximum Gasteiger partial charge on any atom is 0.326 e. The highest BCUT2D eigenvalue weighted by Gasteiger charge is 2.18. The Morgan fingerprint density at radius 2 is 1.30 bits per heavy atom. The average Bonchev–Trinajstić information content (AvgIpc) is 2.54. The molecule has 0 aromatic heterocycles. The number of aliphatic carboxylic acids is 1. The number of hydrogen-bond acceptors (Lipinski definition) is 2. The smallest absolute Gasteiger partial charge is 0.326 e. The normalized spacial score (nSPS) is 12.1. The summed E-state index contributed by atoms with van der Waals surface area (Å²) in [5.74, 6) is -1.59. The van der Waals surface area contributed by atoms with Gasteiger partial charge in [-0.2, -0.15) is 0 Å². The van der Waals surface area contributed by atoms with E-state index in [9.17, 15) is 9.59 Å². The second-order valence-corrected chi connectivity index (χ2v) is 6.54. The molecule has 0 aliphatic rings. The van der Waals surface area contributed by atoms with Crippen molar-refractivity contribution in [3.8, 4) is 0 Å². The standard InChI is InChI=1S/C18H34ClNO3/c1-2-3-4-5-6-7-8-9-10-11-12-13-14-16(18(22)23)20-17(21)15-19/h16H,2-15H2,1H3,(H,20,21)(H,22,23). The van der Waals surface area contributed by atoms with Gasteiger partial charge in [0.15, 0.2) is 0 Å². The molecule has 0 aromatic rings. The predicted molar refractivity (Wildman–Crippen MR) is 96.0 cm³/mol. The second kappa shape index (κ2) is 16.1. The lowest BCUT2D eigenvalue weighted by molar-refractivity contribution is -0.141. The van der Waals surface area contributed by atoms with Crippen molar-refractivity contribution in [1.29, 1.82) is 0 Å². The van der Waals surface area contributed by atoms with E-state index in [4.69, 9.17) is 16.7 Å². The maximum absolute atomic E-state index is 11.1. The summed E-state index contributed by atoms with van der Waals surface area (Å²) in [6.07, 6.45) is 15.4. The van der Waals surface area contributed by atoms with Crippen LogP contribution in [0, 0.1) is 0 Å². The Hall–Kier alpha value is -0.770.